The molecular formula is C19H22ClN3O4. The number of ether oxygens (including phenoxy) is 1. The average Bonchev–Trinajstić information content (AvgIpc) is 3.50. The van der Waals surface area contributed by atoms with E-state index in [1.807, 2.05) is 18.2 Å². The van der Waals surface area contributed by atoms with Crippen LogP contribution in [-0.2, 0) is 20.7 Å². The summed E-state index contributed by atoms with van der Waals surface area (Å²) in [6, 6.07) is 8.04. The Balaban J connectivity index is 2.24. The fourth-order valence-electron chi connectivity index (χ4n) is 2.36. The molecule has 1 saturated carbocycles. The second-order valence-corrected chi connectivity index (χ2v) is 6.55. The fourth-order valence-corrected chi connectivity index (χ4v) is 2.53. The van der Waals surface area contributed by atoms with Crippen molar-refractivity contribution in [3.63, 3.8) is 0 Å². The van der Waals surface area contributed by atoms with Crippen LogP contribution in [0, 0.1) is 5.92 Å². The Hall–Kier alpha value is -2.80. The molecule has 1 unspecified atom stereocenters. The molecule has 0 heterocycles. The molecule has 144 valence electrons. The van der Waals surface area contributed by atoms with Gasteiger partial charge in [0.1, 0.15) is 16.9 Å². The first-order valence-corrected chi connectivity index (χ1v) is 8.76. The van der Waals surface area contributed by atoms with Crippen LogP contribution in [0.3, 0.4) is 0 Å². The first kappa shape index (κ1) is 20.5. The van der Waals surface area contributed by atoms with Crippen molar-refractivity contribution < 1.29 is 19.4 Å². The highest BCUT2D eigenvalue weighted by Gasteiger charge is 2.28. The van der Waals surface area contributed by atoms with Crippen molar-refractivity contribution in [1.29, 1.82) is 0 Å². The predicted octanol–water partition coefficient (Wildman–Crippen LogP) is 2.18. The van der Waals surface area contributed by atoms with E-state index in [9.17, 15) is 14.7 Å². The highest BCUT2D eigenvalue weighted by Crippen LogP contribution is 2.36. The van der Waals surface area contributed by atoms with Gasteiger partial charge in [-0.3, -0.25) is 0 Å². The minimum absolute atomic E-state index is 0.173. The van der Waals surface area contributed by atoms with E-state index in [0.29, 0.717) is 5.70 Å². The third-order valence-corrected chi connectivity index (χ3v) is 4.42. The van der Waals surface area contributed by atoms with Crippen LogP contribution >= 0.6 is 11.6 Å². The van der Waals surface area contributed by atoms with Crippen LogP contribution < -0.4 is 11.1 Å². The van der Waals surface area contributed by atoms with E-state index in [1.165, 1.54) is 7.11 Å². The van der Waals surface area contributed by atoms with Gasteiger partial charge in [-0.2, -0.15) is 0 Å². The molecule has 1 fully saturated rings. The summed E-state index contributed by atoms with van der Waals surface area (Å²) < 4.78 is 4.70. The lowest BCUT2D eigenvalue weighted by atomic mass is 10.1. The van der Waals surface area contributed by atoms with E-state index < -0.39 is 18.0 Å². The number of aliphatic imine (C=N–C) groups is 1. The number of rotatable bonds is 9. The molecule has 7 nitrogen and oxygen atoms in total. The van der Waals surface area contributed by atoms with Crippen molar-refractivity contribution in [3.05, 3.63) is 59.0 Å². The van der Waals surface area contributed by atoms with Crippen LogP contribution in [0.2, 0.25) is 0 Å². The van der Waals surface area contributed by atoms with E-state index in [4.69, 9.17) is 22.1 Å². The molecule has 1 aliphatic carbocycles. The largest absolute Gasteiger partial charge is 0.480 e. The van der Waals surface area contributed by atoms with E-state index in [1.54, 1.807) is 12.1 Å². The molecular weight excluding hydrogens is 370 g/mol. The number of allylic oxidation sites excluding steroid dienone is 1. The van der Waals surface area contributed by atoms with E-state index in [-0.39, 0.29) is 28.9 Å². The van der Waals surface area contributed by atoms with Crippen LogP contribution in [0.4, 0.5) is 0 Å². The summed E-state index contributed by atoms with van der Waals surface area (Å²) in [5.74, 6) is -1.84. The molecule has 4 N–H and O–H groups in total. The summed E-state index contributed by atoms with van der Waals surface area (Å²) in [7, 11) is 1.20. The molecule has 0 aliphatic heterocycles. The molecule has 2 rings (SSSR count). The van der Waals surface area contributed by atoms with Crippen molar-refractivity contribution in [2.45, 2.75) is 25.3 Å². The average molecular weight is 392 g/mol. The van der Waals surface area contributed by atoms with Gasteiger partial charge in [-0.1, -0.05) is 48.5 Å². The quantitative estimate of drug-likeness (QED) is 0.439. The Labute approximate surface area is 162 Å². The molecule has 27 heavy (non-hydrogen) atoms. The van der Waals surface area contributed by atoms with E-state index in [2.05, 4.69) is 16.9 Å². The second kappa shape index (κ2) is 9.23. The van der Waals surface area contributed by atoms with Crippen LogP contribution in [0.25, 0.3) is 0 Å². The maximum absolute atomic E-state index is 12.0. The number of aliphatic carboxylic acids is 1. The highest BCUT2D eigenvalue weighted by atomic mass is 35.5. The van der Waals surface area contributed by atoms with Gasteiger partial charge in [0.05, 0.1) is 7.11 Å². The van der Waals surface area contributed by atoms with Crippen molar-refractivity contribution >= 4 is 29.3 Å². The number of hydrogen-bond donors (Lipinski definition) is 3. The smallest absolute Gasteiger partial charge is 0.358 e. The number of carboxylic acids is 1. The van der Waals surface area contributed by atoms with Gasteiger partial charge < -0.3 is 20.9 Å². The normalized spacial score (nSPS) is 16.1. The van der Waals surface area contributed by atoms with E-state index >= 15 is 0 Å². The molecule has 1 aliphatic rings. The standard InChI is InChI=1S/C19H22ClN3O4/c1-11(13-8-9-13)22-16(19(26)27-2)15(20)17(21)23-14(18(24)25)10-12-6-4-3-5-7-12/h3-7,13-14,23H,1,8-10,21H2,2H3,(H,24,25)/b17-15-,22-16+. The summed E-state index contributed by atoms with van der Waals surface area (Å²) in [5.41, 5.74) is 7.05. The number of carbonyl (C=O) groups is 2. The van der Waals surface area contributed by atoms with Gasteiger partial charge >= 0.3 is 11.9 Å². The molecule has 0 aromatic heterocycles. The number of esters is 1. The molecule has 1 aromatic carbocycles. The van der Waals surface area contributed by atoms with Crippen LogP contribution in [0.15, 0.2) is 58.5 Å². The van der Waals surface area contributed by atoms with Crippen molar-refractivity contribution in [1.82, 2.24) is 5.32 Å². The Bertz CT molecular complexity index is 785. The van der Waals surface area contributed by atoms with Crippen LogP contribution in [0.5, 0.6) is 0 Å². The lowest BCUT2D eigenvalue weighted by Crippen LogP contribution is -2.41. The summed E-state index contributed by atoms with van der Waals surface area (Å²) in [4.78, 5) is 27.8. The minimum atomic E-state index is -1.11. The lowest BCUT2D eigenvalue weighted by Gasteiger charge is -2.17. The molecule has 0 bridgehead atoms. The summed E-state index contributed by atoms with van der Waals surface area (Å²) >= 11 is 6.22. The first-order valence-electron chi connectivity index (χ1n) is 8.38. The van der Waals surface area contributed by atoms with Crippen molar-refractivity contribution in [2.24, 2.45) is 16.6 Å². The minimum Gasteiger partial charge on any atom is -0.480 e. The number of carbonyl (C=O) groups excluding carboxylic acids is 1. The van der Waals surface area contributed by atoms with Crippen molar-refractivity contribution in [2.75, 3.05) is 7.11 Å². The van der Waals surface area contributed by atoms with E-state index in [0.717, 1.165) is 18.4 Å². The maximum atomic E-state index is 12.0. The Kier molecular flexibility index (Phi) is 7.01. The topological polar surface area (TPSA) is 114 Å². The number of hydrogen-bond acceptors (Lipinski definition) is 6. The number of nitrogens with zero attached hydrogens (tertiary/aromatic N) is 1. The number of benzene rings is 1. The van der Waals surface area contributed by atoms with Crippen molar-refractivity contribution in [3.8, 4) is 0 Å². The molecule has 1 aromatic rings. The maximum Gasteiger partial charge on any atom is 0.358 e. The Morgan fingerprint density at radius 2 is 2.04 bits per heavy atom. The number of nitrogens with one attached hydrogen (secondary N) is 1. The van der Waals surface area contributed by atoms with Gasteiger partial charge in [-0.25, -0.2) is 14.6 Å². The zero-order valence-corrected chi connectivity index (χ0v) is 15.7. The summed E-state index contributed by atoms with van der Waals surface area (Å²) in [6.45, 7) is 3.83. The molecule has 0 radical (unpaired) electrons. The number of methoxy groups -OCH3 is 1. The third kappa shape index (κ3) is 5.86. The monoisotopic (exact) mass is 391 g/mol. The van der Waals surface area contributed by atoms with Gasteiger partial charge in [0.15, 0.2) is 5.71 Å². The number of nitrogens with two attached hydrogens (primary N) is 1. The second-order valence-electron chi connectivity index (χ2n) is 6.17. The molecule has 1 atom stereocenters. The zero-order chi connectivity index (χ0) is 20.0. The summed E-state index contributed by atoms with van der Waals surface area (Å²) in [5, 5.41) is 11.9. The summed E-state index contributed by atoms with van der Waals surface area (Å²) in [6.07, 6.45) is 2.08. The molecule has 0 saturated heterocycles. The predicted molar refractivity (Wildman–Crippen MR) is 103 cm³/mol. The van der Waals surface area contributed by atoms with Gasteiger partial charge in [-0.15, -0.1) is 0 Å². The SMILES string of the molecule is C=C(/N=C(C(=O)OC)\C(Cl)=C(/N)NC(Cc1ccccc1)C(=O)O)C1CC1. The number of halogens is 1. The van der Waals surface area contributed by atoms with Crippen LogP contribution in [0.1, 0.15) is 18.4 Å². The van der Waals surface area contributed by atoms with Gasteiger partial charge in [0, 0.05) is 18.0 Å². The zero-order valence-electron chi connectivity index (χ0n) is 14.9. The van der Waals surface area contributed by atoms with Gasteiger partial charge in [0.2, 0.25) is 0 Å². The first-order chi connectivity index (χ1) is 12.8. The molecule has 0 spiro atoms. The fraction of sp³-hybridized carbons (Fsp3) is 0.316. The van der Waals surface area contributed by atoms with Gasteiger partial charge in [0.25, 0.3) is 0 Å². The molecule has 8 heteroatoms. The van der Waals surface area contributed by atoms with Crippen LogP contribution in [-0.4, -0.2) is 35.9 Å². The Morgan fingerprint density at radius 1 is 1.41 bits per heavy atom. The lowest BCUT2D eigenvalue weighted by molar-refractivity contribution is -0.139. The molecule has 0 amide bonds. The Morgan fingerprint density at radius 3 is 2.56 bits per heavy atom. The highest BCUT2D eigenvalue weighted by molar-refractivity contribution is 6.58. The number of carboxylic acid groups (broad SMARTS) is 1. The third-order valence-electron chi connectivity index (χ3n) is 4.04. The van der Waals surface area contributed by atoms with Gasteiger partial charge in [-0.05, 0) is 18.4 Å².